The average Bonchev–Trinajstić information content (AvgIpc) is 3.33. The molecule has 0 unspecified atom stereocenters. The number of piperidine rings is 1. The Morgan fingerprint density at radius 2 is 1.52 bits per heavy atom. The van der Waals surface area contributed by atoms with E-state index in [2.05, 4.69) is 28.9 Å². The first-order valence-electron chi connectivity index (χ1n) is 12.5. The third-order valence-electron chi connectivity index (χ3n) is 7.73. The van der Waals surface area contributed by atoms with Crippen molar-refractivity contribution in [3.8, 4) is 0 Å². The van der Waals surface area contributed by atoms with Gasteiger partial charge >= 0.3 is 0 Å². The third kappa shape index (κ3) is 5.68. The van der Waals surface area contributed by atoms with E-state index in [9.17, 15) is 9.59 Å². The summed E-state index contributed by atoms with van der Waals surface area (Å²) in [7, 11) is 0. The van der Waals surface area contributed by atoms with E-state index in [-0.39, 0.29) is 11.9 Å². The van der Waals surface area contributed by atoms with Gasteiger partial charge in [-0.3, -0.25) is 14.5 Å². The summed E-state index contributed by atoms with van der Waals surface area (Å²) in [5, 5.41) is 0. The monoisotopic (exact) mass is 425 g/mol. The molecule has 3 aliphatic rings. The van der Waals surface area contributed by atoms with E-state index in [1.54, 1.807) is 0 Å². The Labute approximate surface area is 187 Å². The van der Waals surface area contributed by atoms with Crippen LogP contribution in [0.4, 0.5) is 0 Å². The van der Waals surface area contributed by atoms with E-state index >= 15 is 0 Å². The molecular formula is C26H39N3O2. The standard InChI is InChI=1S/C26H39N3O2/c1-21-13-15-29(16-14-21)26(31)25(23-9-5-6-10-23)28-19-17-27(18-20-28)24(30)12-11-22-7-3-2-4-8-22/h2-4,7-8,21,23,25H,5-6,9-20H2,1H3/t25-/m0/s1. The minimum Gasteiger partial charge on any atom is -0.341 e. The van der Waals surface area contributed by atoms with Crippen LogP contribution >= 0.6 is 0 Å². The van der Waals surface area contributed by atoms with Crippen molar-refractivity contribution in [2.45, 2.75) is 64.3 Å². The zero-order valence-corrected chi connectivity index (χ0v) is 19.2. The molecule has 5 nitrogen and oxygen atoms in total. The lowest BCUT2D eigenvalue weighted by Crippen LogP contribution is -2.59. The smallest absolute Gasteiger partial charge is 0.240 e. The van der Waals surface area contributed by atoms with Crippen molar-refractivity contribution in [1.82, 2.24) is 14.7 Å². The van der Waals surface area contributed by atoms with Crippen LogP contribution in [0.3, 0.4) is 0 Å². The average molecular weight is 426 g/mol. The molecule has 0 spiro atoms. The van der Waals surface area contributed by atoms with Crippen LogP contribution in [0.2, 0.25) is 0 Å². The summed E-state index contributed by atoms with van der Waals surface area (Å²) >= 11 is 0. The van der Waals surface area contributed by atoms with Gasteiger partial charge in [0.15, 0.2) is 0 Å². The molecule has 2 heterocycles. The van der Waals surface area contributed by atoms with Crippen molar-refractivity contribution in [1.29, 1.82) is 0 Å². The number of piperazine rings is 1. The van der Waals surface area contributed by atoms with Crippen LogP contribution < -0.4 is 0 Å². The molecule has 0 radical (unpaired) electrons. The number of aryl methyl sites for hydroxylation is 1. The molecule has 4 rings (SSSR count). The fourth-order valence-corrected chi connectivity index (χ4v) is 5.65. The second-order valence-corrected chi connectivity index (χ2v) is 9.90. The Balaban J connectivity index is 1.32. The number of carbonyl (C=O) groups excluding carboxylic acids is 2. The second-order valence-electron chi connectivity index (χ2n) is 9.90. The van der Waals surface area contributed by atoms with E-state index in [0.29, 0.717) is 18.2 Å². The van der Waals surface area contributed by atoms with Crippen LogP contribution in [-0.2, 0) is 16.0 Å². The Morgan fingerprint density at radius 1 is 0.871 bits per heavy atom. The highest BCUT2D eigenvalue weighted by atomic mass is 16.2. The van der Waals surface area contributed by atoms with Crippen LogP contribution in [0.15, 0.2) is 30.3 Å². The summed E-state index contributed by atoms with van der Waals surface area (Å²) < 4.78 is 0. The SMILES string of the molecule is CC1CCN(C(=O)[C@H](C2CCCC2)N2CCN(C(=O)CCc3ccccc3)CC2)CC1. The molecule has 1 aliphatic carbocycles. The van der Waals surface area contributed by atoms with Gasteiger partial charge in [0.1, 0.15) is 0 Å². The van der Waals surface area contributed by atoms with Crippen LogP contribution in [0.5, 0.6) is 0 Å². The van der Waals surface area contributed by atoms with Gasteiger partial charge in [-0.1, -0.05) is 50.1 Å². The molecule has 5 heteroatoms. The van der Waals surface area contributed by atoms with Gasteiger partial charge in [0.05, 0.1) is 6.04 Å². The maximum atomic E-state index is 13.6. The lowest BCUT2D eigenvalue weighted by Gasteiger charge is -2.43. The lowest BCUT2D eigenvalue weighted by molar-refractivity contribution is -0.142. The van der Waals surface area contributed by atoms with Crippen LogP contribution in [0, 0.1) is 11.8 Å². The van der Waals surface area contributed by atoms with Gasteiger partial charge in [0.25, 0.3) is 0 Å². The minimum absolute atomic E-state index is 0.0254. The van der Waals surface area contributed by atoms with E-state index in [4.69, 9.17) is 0 Å². The van der Waals surface area contributed by atoms with Crippen molar-refractivity contribution in [2.24, 2.45) is 11.8 Å². The normalized spacial score (nSPS) is 22.6. The van der Waals surface area contributed by atoms with Crippen LogP contribution in [0.25, 0.3) is 0 Å². The predicted octanol–water partition coefficient (Wildman–Crippen LogP) is 3.58. The number of amides is 2. The molecule has 1 atom stereocenters. The van der Waals surface area contributed by atoms with E-state index in [0.717, 1.165) is 64.4 Å². The number of hydrogen-bond acceptors (Lipinski definition) is 3. The number of likely N-dealkylation sites (tertiary alicyclic amines) is 1. The van der Waals surface area contributed by atoms with Crippen molar-refractivity contribution in [3.63, 3.8) is 0 Å². The first kappa shape index (κ1) is 22.3. The number of carbonyl (C=O) groups is 2. The van der Waals surface area contributed by atoms with Gasteiger partial charge in [-0.2, -0.15) is 0 Å². The molecule has 2 amide bonds. The van der Waals surface area contributed by atoms with Crippen LogP contribution in [0.1, 0.15) is 57.4 Å². The number of hydrogen-bond donors (Lipinski definition) is 0. The van der Waals surface area contributed by atoms with Crippen molar-refractivity contribution in [3.05, 3.63) is 35.9 Å². The quantitative estimate of drug-likeness (QED) is 0.700. The molecule has 2 saturated heterocycles. The van der Waals surface area contributed by atoms with Crippen molar-refractivity contribution >= 4 is 11.8 Å². The first-order chi connectivity index (χ1) is 15.1. The van der Waals surface area contributed by atoms with Gasteiger partial charge in [-0.15, -0.1) is 0 Å². The van der Waals surface area contributed by atoms with Gasteiger partial charge in [-0.25, -0.2) is 0 Å². The molecule has 31 heavy (non-hydrogen) atoms. The highest BCUT2D eigenvalue weighted by molar-refractivity contribution is 5.82. The zero-order valence-electron chi connectivity index (χ0n) is 19.2. The minimum atomic E-state index is 0.0254. The van der Waals surface area contributed by atoms with Crippen molar-refractivity contribution < 1.29 is 9.59 Å². The molecule has 0 N–H and O–H groups in total. The molecular weight excluding hydrogens is 386 g/mol. The summed E-state index contributed by atoms with van der Waals surface area (Å²) in [5.74, 6) is 1.84. The highest BCUT2D eigenvalue weighted by Gasteiger charge is 2.39. The summed E-state index contributed by atoms with van der Waals surface area (Å²) in [6, 6.07) is 10.3. The lowest BCUT2D eigenvalue weighted by atomic mass is 9.92. The molecule has 1 saturated carbocycles. The molecule has 2 aliphatic heterocycles. The molecule has 0 bridgehead atoms. The first-order valence-corrected chi connectivity index (χ1v) is 12.5. The Hall–Kier alpha value is -1.88. The fourth-order valence-electron chi connectivity index (χ4n) is 5.65. The molecule has 0 aromatic heterocycles. The van der Waals surface area contributed by atoms with E-state index < -0.39 is 0 Å². The summed E-state index contributed by atoms with van der Waals surface area (Å²) in [6.07, 6.45) is 8.50. The maximum Gasteiger partial charge on any atom is 0.240 e. The number of rotatable bonds is 6. The van der Waals surface area contributed by atoms with E-state index in [1.165, 1.54) is 31.2 Å². The summed E-state index contributed by atoms with van der Waals surface area (Å²) in [6.45, 7) is 7.29. The summed E-state index contributed by atoms with van der Waals surface area (Å²) in [5.41, 5.74) is 1.22. The van der Waals surface area contributed by atoms with Crippen molar-refractivity contribution in [2.75, 3.05) is 39.3 Å². The Morgan fingerprint density at radius 3 is 2.16 bits per heavy atom. The van der Waals surface area contributed by atoms with Crippen LogP contribution in [-0.4, -0.2) is 71.8 Å². The second kappa shape index (κ2) is 10.6. The Kier molecular flexibility index (Phi) is 7.65. The number of benzene rings is 1. The predicted molar refractivity (Wildman–Crippen MR) is 124 cm³/mol. The largest absolute Gasteiger partial charge is 0.341 e. The molecule has 1 aromatic rings. The highest BCUT2D eigenvalue weighted by Crippen LogP contribution is 2.32. The number of nitrogens with zero attached hydrogens (tertiary/aromatic N) is 3. The molecule has 3 fully saturated rings. The topological polar surface area (TPSA) is 43.9 Å². The molecule has 170 valence electrons. The summed E-state index contributed by atoms with van der Waals surface area (Å²) in [4.78, 5) is 32.9. The maximum absolute atomic E-state index is 13.6. The van der Waals surface area contributed by atoms with Gasteiger partial charge < -0.3 is 9.80 Å². The van der Waals surface area contributed by atoms with Gasteiger partial charge in [0.2, 0.25) is 11.8 Å². The van der Waals surface area contributed by atoms with Gasteiger partial charge in [-0.05, 0) is 49.5 Å². The fraction of sp³-hybridized carbons (Fsp3) is 0.692. The third-order valence-corrected chi connectivity index (χ3v) is 7.73. The molecule has 1 aromatic carbocycles. The van der Waals surface area contributed by atoms with E-state index in [1.807, 2.05) is 23.1 Å². The Bertz CT molecular complexity index is 715. The zero-order chi connectivity index (χ0) is 21.6. The van der Waals surface area contributed by atoms with Gasteiger partial charge in [0, 0.05) is 45.7 Å².